The molecule has 0 aromatic rings. The first-order chi connectivity index (χ1) is 19.3. The molecule has 0 N–H and O–H groups in total. The van der Waals surface area contributed by atoms with Crippen LogP contribution < -0.4 is 12.4 Å². The molecule has 1 aliphatic heterocycles. The number of hydrogen-bond donors (Lipinski definition) is 0. The third-order valence-corrected chi connectivity index (χ3v) is 8.66. The van der Waals surface area contributed by atoms with Gasteiger partial charge in [0.25, 0.3) is 0 Å². The molecule has 0 spiro atoms. The predicted octanol–water partition coefficient (Wildman–Crippen LogP) is 9.34. The Balaban J connectivity index is 0. The molecule has 0 aromatic carbocycles. The molecule has 1 rings (SSSR count). The Hall–Kier alpha value is -0.240. The van der Waals surface area contributed by atoms with Gasteiger partial charge in [0, 0.05) is 0 Å². The Morgan fingerprint density at radius 1 is 0.425 bits per heavy atom. The lowest BCUT2D eigenvalue weighted by Crippen LogP contribution is -3.00. The van der Waals surface area contributed by atoms with Crippen LogP contribution in [0.15, 0.2) is 0 Å². The van der Waals surface area contributed by atoms with Crippen molar-refractivity contribution in [2.24, 2.45) is 0 Å². The van der Waals surface area contributed by atoms with Crippen LogP contribution in [0.25, 0.3) is 0 Å². The standard InChI is InChI=1S/C22H45N2.C15H32.ClH/c1-3-5-6-7-8-9-10-11-12-13-14-15-16-17-18-19-24-21-20-23(4-2)22-24;1-3-5-7-9-11-13-15-14-12-10-8-6-4-2;/h22H,3-21H2,1-2H3;3-15H2,1-2H3;1H/q+1;;/p-1. The highest BCUT2D eigenvalue weighted by molar-refractivity contribution is 5.50. The molecule has 0 saturated carbocycles. The third kappa shape index (κ3) is 32.3. The first-order valence-electron chi connectivity index (χ1n) is 18.6. The van der Waals surface area contributed by atoms with E-state index in [2.05, 4.69) is 43.5 Å². The molecule has 0 fully saturated rings. The summed E-state index contributed by atoms with van der Waals surface area (Å²) in [5.41, 5.74) is 0. The summed E-state index contributed by atoms with van der Waals surface area (Å²) in [4.78, 5) is 2.42. The van der Waals surface area contributed by atoms with Gasteiger partial charge in [0.15, 0.2) is 0 Å². The quantitative estimate of drug-likeness (QED) is 0.0627. The Bertz CT molecular complexity index is 467. The van der Waals surface area contributed by atoms with Crippen molar-refractivity contribution in [2.75, 3.05) is 26.2 Å². The summed E-state index contributed by atoms with van der Waals surface area (Å²) >= 11 is 0. The van der Waals surface area contributed by atoms with Crippen LogP contribution in [0.5, 0.6) is 0 Å². The summed E-state index contributed by atoms with van der Waals surface area (Å²) in [6.07, 6.45) is 43.0. The summed E-state index contributed by atoms with van der Waals surface area (Å²) in [5, 5.41) is 0. The summed E-state index contributed by atoms with van der Waals surface area (Å²) in [5.74, 6) is 0. The van der Waals surface area contributed by atoms with Gasteiger partial charge in [0.05, 0.1) is 13.1 Å². The highest BCUT2D eigenvalue weighted by atomic mass is 35.5. The van der Waals surface area contributed by atoms with E-state index in [-0.39, 0.29) is 12.4 Å². The molecule has 1 heterocycles. The van der Waals surface area contributed by atoms with Gasteiger partial charge >= 0.3 is 0 Å². The van der Waals surface area contributed by atoms with E-state index in [1.807, 2.05) is 0 Å². The fourth-order valence-corrected chi connectivity index (χ4v) is 5.79. The highest BCUT2D eigenvalue weighted by Gasteiger charge is 2.15. The van der Waals surface area contributed by atoms with Crippen LogP contribution in [-0.4, -0.2) is 42.0 Å². The Morgan fingerprint density at radius 2 is 0.700 bits per heavy atom. The zero-order valence-corrected chi connectivity index (χ0v) is 29.2. The van der Waals surface area contributed by atoms with Crippen molar-refractivity contribution in [3.8, 4) is 0 Å². The van der Waals surface area contributed by atoms with Crippen molar-refractivity contribution in [2.45, 2.75) is 207 Å². The Kier molecular flexibility index (Phi) is 38.5. The van der Waals surface area contributed by atoms with Crippen molar-refractivity contribution in [3.63, 3.8) is 0 Å². The van der Waals surface area contributed by atoms with Crippen LogP contribution in [0, 0.1) is 0 Å². The Labute approximate surface area is 261 Å². The highest BCUT2D eigenvalue weighted by Crippen LogP contribution is 2.14. The van der Waals surface area contributed by atoms with E-state index >= 15 is 0 Å². The van der Waals surface area contributed by atoms with Crippen molar-refractivity contribution in [1.29, 1.82) is 0 Å². The van der Waals surface area contributed by atoms with E-state index in [1.165, 1.54) is 199 Å². The van der Waals surface area contributed by atoms with E-state index < -0.39 is 0 Å². The van der Waals surface area contributed by atoms with Gasteiger partial charge in [-0.25, -0.2) is 0 Å². The van der Waals surface area contributed by atoms with Crippen molar-refractivity contribution in [3.05, 3.63) is 0 Å². The molecule has 40 heavy (non-hydrogen) atoms. The molecule has 0 bridgehead atoms. The molecule has 2 nitrogen and oxygen atoms in total. The van der Waals surface area contributed by atoms with Gasteiger partial charge in [-0.15, -0.1) is 0 Å². The number of halogens is 1. The lowest BCUT2D eigenvalue weighted by molar-refractivity contribution is -0.514. The summed E-state index contributed by atoms with van der Waals surface area (Å²) in [6, 6.07) is 0. The summed E-state index contributed by atoms with van der Waals surface area (Å²) in [7, 11) is 0. The normalized spacial score (nSPS) is 12.7. The number of nitrogens with zero attached hydrogens (tertiary/aromatic N) is 2. The van der Waals surface area contributed by atoms with Crippen LogP contribution in [0.2, 0.25) is 0 Å². The maximum atomic E-state index is 2.51. The van der Waals surface area contributed by atoms with Crippen LogP contribution >= 0.6 is 0 Å². The summed E-state index contributed by atoms with van der Waals surface area (Å²) in [6.45, 7) is 14.0. The topological polar surface area (TPSA) is 6.25 Å². The van der Waals surface area contributed by atoms with E-state index in [1.54, 1.807) is 0 Å². The molecule has 1 aliphatic rings. The second-order valence-electron chi connectivity index (χ2n) is 12.6. The smallest absolute Gasteiger partial charge is 0.234 e. The molecular weight excluding hydrogens is 508 g/mol. The SMILES string of the molecule is CCCCCCCCCCCCCCC.CCCCCCCCCCCCCCCCC[N+]1=CN(CC)CC1.[Cl-]. The first-order valence-corrected chi connectivity index (χ1v) is 18.6. The Morgan fingerprint density at radius 3 is 0.950 bits per heavy atom. The molecule has 242 valence electrons. The van der Waals surface area contributed by atoms with Gasteiger partial charge in [-0.1, -0.05) is 188 Å². The monoisotopic (exact) mass is 585 g/mol. The average Bonchev–Trinajstić information content (AvgIpc) is 3.42. The lowest BCUT2D eigenvalue weighted by atomic mass is 10.0. The zero-order chi connectivity index (χ0) is 28.5. The molecule has 0 amide bonds. The molecule has 0 unspecified atom stereocenters. The van der Waals surface area contributed by atoms with Gasteiger partial charge in [0.1, 0.15) is 13.1 Å². The average molecular weight is 585 g/mol. The van der Waals surface area contributed by atoms with E-state index in [0.29, 0.717) is 0 Å². The molecule has 0 radical (unpaired) electrons. The minimum atomic E-state index is 0. The molecule has 0 aliphatic carbocycles. The number of rotatable bonds is 29. The maximum Gasteiger partial charge on any atom is 0.234 e. The zero-order valence-electron chi connectivity index (χ0n) is 28.5. The van der Waals surface area contributed by atoms with Crippen LogP contribution in [0.4, 0.5) is 0 Å². The maximum absolute atomic E-state index is 2.51. The second-order valence-corrected chi connectivity index (χ2v) is 12.6. The fraction of sp³-hybridized carbons (Fsp3) is 0.973. The van der Waals surface area contributed by atoms with Crippen molar-refractivity contribution < 1.29 is 17.0 Å². The molecular formula is C37H77ClN2. The largest absolute Gasteiger partial charge is 1.00 e. The minimum Gasteiger partial charge on any atom is -1.00 e. The van der Waals surface area contributed by atoms with Crippen molar-refractivity contribution >= 4 is 6.34 Å². The van der Waals surface area contributed by atoms with Gasteiger partial charge in [-0.05, 0) is 19.8 Å². The lowest BCUT2D eigenvalue weighted by Gasteiger charge is -2.03. The van der Waals surface area contributed by atoms with Crippen LogP contribution in [0.1, 0.15) is 207 Å². The van der Waals surface area contributed by atoms with Gasteiger partial charge in [0.2, 0.25) is 6.34 Å². The van der Waals surface area contributed by atoms with Gasteiger partial charge in [-0.3, -0.25) is 9.48 Å². The fourth-order valence-electron chi connectivity index (χ4n) is 5.79. The molecule has 0 saturated heterocycles. The third-order valence-electron chi connectivity index (χ3n) is 8.66. The van der Waals surface area contributed by atoms with Gasteiger partial charge < -0.3 is 12.4 Å². The predicted molar refractivity (Wildman–Crippen MR) is 180 cm³/mol. The van der Waals surface area contributed by atoms with Crippen molar-refractivity contribution in [1.82, 2.24) is 4.90 Å². The van der Waals surface area contributed by atoms with Crippen LogP contribution in [-0.2, 0) is 0 Å². The van der Waals surface area contributed by atoms with E-state index in [0.717, 1.165) is 6.54 Å². The number of unbranched alkanes of at least 4 members (excludes halogenated alkanes) is 26. The first kappa shape index (κ1) is 41.9. The van der Waals surface area contributed by atoms with Gasteiger partial charge in [-0.2, -0.15) is 0 Å². The summed E-state index contributed by atoms with van der Waals surface area (Å²) < 4.78 is 2.51. The molecule has 0 aromatic heterocycles. The minimum absolute atomic E-state index is 0. The van der Waals surface area contributed by atoms with E-state index in [4.69, 9.17) is 0 Å². The molecule has 0 atom stereocenters. The number of hydrogen-bond acceptors (Lipinski definition) is 1. The molecule has 3 heteroatoms. The second kappa shape index (κ2) is 36.8. The number of likely N-dealkylation sites (N-methyl/N-ethyl adjacent to an activating group) is 1. The van der Waals surface area contributed by atoms with Crippen LogP contribution in [0.3, 0.4) is 0 Å². The van der Waals surface area contributed by atoms with E-state index in [9.17, 15) is 0 Å².